The van der Waals surface area contributed by atoms with Crippen molar-refractivity contribution in [1.29, 1.82) is 0 Å². The summed E-state index contributed by atoms with van der Waals surface area (Å²) in [6.07, 6.45) is 0. The van der Waals surface area contributed by atoms with Crippen LogP contribution in [0.1, 0.15) is 25.0 Å². The van der Waals surface area contributed by atoms with Gasteiger partial charge in [-0.15, -0.1) is 0 Å². The molecule has 5 nitrogen and oxygen atoms in total. The average Bonchev–Trinajstić information content (AvgIpc) is 2.31. The summed E-state index contributed by atoms with van der Waals surface area (Å²) in [5.74, 6) is 0. The molecule has 0 aliphatic heterocycles. The Labute approximate surface area is 122 Å². The van der Waals surface area contributed by atoms with E-state index in [2.05, 4.69) is 4.72 Å². The lowest BCUT2D eigenvalue weighted by atomic mass is 10.1. The van der Waals surface area contributed by atoms with E-state index in [1.807, 2.05) is 46.7 Å². The van der Waals surface area contributed by atoms with Gasteiger partial charge in [-0.05, 0) is 65.0 Å². The van der Waals surface area contributed by atoms with Crippen LogP contribution in [0, 0.1) is 13.8 Å². The second kappa shape index (κ2) is 5.71. The van der Waals surface area contributed by atoms with Crippen molar-refractivity contribution < 1.29 is 8.42 Å². The van der Waals surface area contributed by atoms with Gasteiger partial charge in [0.15, 0.2) is 0 Å². The highest BCUT2D eigenvalue weighted by Crippen LogP contribution is 2.23. The van der Waals surface area contributed by atoms with Crippen LogP contribution in [0.25, 0.3) is 0 Å². The Balaban J connectivity index is 3.04. The van der Waals surface area contributed by atoms with Crippen LogP contribution in [0.5, 0.6) is 0 Å². The second-order valence-corrected chi connectivity index (χ2v) is 7.74. The van der Waals surface area contributed by atoms with Crippen molar-refractivity contribution in [3.63, 3.8) is 0 Å². The average molecular weight is 299 g/mol. The van der Waals surface area contributed by atoms with E-state index in [1.165, 1.54) is 0 Å². The van der Waals surface area contributed by atoms with E-state index in [-0.39, 0.29) is 16.1 Å². The van der Waals surface area contributed by atoms with E-state index < -0.39 is 10.0 Å². The molecule has 0 aliphatic rings. The molecule has 20 heavy (non-hydrogen) atoms. The number of benzene rings is 1. The molecule has 0 bridgehead atoms. The van der Waals surface area contributed by atoms with Gasteiger partial charge in [0.05, 0.1) is 5.69 Å². The Bertz CT molecular complexity index is 593. The zero-order chi connectivity index (χ0) is 15.7. The fourth-order valence-corrected chi connectivity index (χ4v) is 2.95. The number of nitrogen functional groups attached to an aromatic ring is 1. The van der Waals surface area contributed by atoms with Gasteiger partial charge in [-0.25, -0.2) is 13.1 Å². The molecule has 0 unspecified atom stereocenters. The predicted molar refractivity (Wildman–Crippen MR) is 83.3 cm³/mol. The molecule has 0 saturated heterocycles. The van der Waals surface area contributed by atoms with Crippen LogP contribution in [0.3, 0.4) is 0 Å². The number of nitrogens with one attached hydrogen (secondary N) is 1. The lowest BCUT2D eigenvalue weighted by Gasteiger charge is -2.32. The van der Waals surface area contributed by atoms with Gasteiger partial charge in [-0.1, -0.05) is 0 Å². The van der Waals surface area contributed by atoms with E-state index >= 15 is 0 Å². The van der Waals surface area contributed by atoms with Crippen LogP contribution in [0.15, 0.2) is 17.0 Å². The summed E-state index contributed by atoms with van der Waals surface area (Å²) >= 11 is 0. The lowest BCUT2D eigenvalue weighted by Crippen LogP contribution is -2.48. The highest BCUT2D eigenvalue weighted by molar-refractivity contribution is 7.89. The Morgan fingerprint density at radius 1 is 1.20 bits per heavy atom. The van der Waals surface area contributed by atoms with Crippen LogP contribution >= 0.6 is 0 Å². The van der Waals surface area contributed by atoms with Crippen molar-refractivity contribution in [2.75, 3.05) is 26.4 Å². The van der Waals surface area contributed by atoms with Gasteiger partial charge in [-0.3, -0.25) is 0 Å². The maximum Gasteiger partial charge on any atom is 0.242 e. The zero-order valence-corrected chi connectivity index (χ0v) is 13.9. The first-order chi connectivity index (χ1) is 8.97. The molecule has 3 N–H and O–H groups in total. The molecule has 6 heteroatoms. The number of rotatable bonds is 5. The van der Waals surface area contributed by atoms with Gasteiger partial charge in [0.1, 0.15) is 4.90 Å². The number of aryl methyl sites for hydroxylation is 2. The summed E-state index contributed by atoms with van der Waals surface area (Å²) in [4.78, 5) is 2.12. The number of likely N-dealkylation sites (N-methyl/N-ethyl adjacent to an activating group) is 1. The number of nitrogens with two attached hydrogens (primary N) is 1. The quantitative estimate of drug-likeness (QED) is 0.808. The summed E-state index contributed by atoms with van der Waals surface area (Å²) in [6.45, 7) is 8.04. The summed E-state index contributed by atoms with van der Waals surface area (Å²) in [5, 5.41) is 0. The molecular weight excluding hydrogens is 274 g/mol. The summed E-state index contributed by atoms with van der Waals surface area (Å²) in [7, 11) is 0.232. The highest BCUT2D eigenvalue weighted by Gasteiger charge is 2.25. The molecule has 0 radical (unpaired) electrons. The predicted octanol–water partition coefficient (Wildman–Crippen LogP) is 1.50. The molecule has 0 fully saturated rings. The number of hydrogen-bond acceptors (Lipinski definition) is 4. The van der Waals surface area contributed by atoms with Crippen LogP contribution in [-0.4, -0.2) is 39.5 Å². The number of nitrogens with zero attached hydrogens (tertiary/aromatic N) is 1. The SMILES string of the molecule is Cc1cc(N)c(S(=O)(=O)NCC(C)(C)N(C)C)cc1C. The minimum Gasteiger partial charge on any atom is -0.398 e. The second-order valence-electron chi connectivity index (χ2n) is 6.01. The first kappa shape index (κ1) is 16.9. The Kier molecular flexibility index (Phi) is 4.84. The van der Waals surface area contributed by atoms with Crippen LogP contribution < -0.4 is 10.5 Å². The summed E-state index contributed by atoms with van der Waals surface area (Å²) in [5.41, 5.74) is 7.74. The summed E-state index contributed by atoms with van der Waals surface area (Å²) < 4.78 is 27.4. The fourth-order valence-electron chi connectivity index (χ4n) is 1.55. The van der Waals surface area contributed by atoms with E-state index in [1.54, 1.807) is 12.1 Å². The lowest BCUT2D eigenvalue weighted by molar-refractivity contribution is 0.199. The zero-order valence-electron chi connectivity index (χ0n) is 13.1. The smallest absolute Gasteiger partial charge is 0.242 e. The molecule has 114 valence electrons. The Morgan fingerprint density at radius 2 is 1.70 bits per heavy atom. The first-order valence-corrected chi connectivity index (χ1v) is 7.99. The molecule has 0 saturated carbocycles. The molecule has 0 spiro atoms. The minimum atomic E-state index is -3.60. The van der Waals surface area contributed by atoms with Gasteiger partial charge in [0.25, 0.3) is 0 Å². The van der Waals surface area contributed by atoms with Gasteiger partial charge in [-0.2, -0.15) is 0 Å². The molecule has 1 aromatic carbocycles. The van der Waals surface area contributed by atoms with E-state index in [0.29, 0.717) is 6.54 Å². The molecular formula is C14H25N3O2S. The third-order valence-corrected chi connectivity index (χ3v) is 5.28. The molecule has 1 rings (SSSR count). The van der Waals surface area contributed by atoms with Gasteiger partial charge < -0.3 is 10.6 Å². The number of sulfonamides is 1. The number of hydrogen-bond donors (Lipinski definition) is 2. The van der Waals surface area contributed by atoms with Crippen LogP contribution in [0.2, 0.25) is 0 Å². The van der Waals surface area contributed by atoms with E-state index in [9.17, 15) is 8.42 Å². The third kappa shape index (κ3) is 3.71. The van der Waals surface area contributed by atoms with Crippen molar-refractivity contribution in [3.05, 3.63) is 23.3 Å². The normalized spacial score (nSPS) is 12.9. The minimum absolute atomic E-state index is 0.148. The van der Waals surface area contributed by atoms with Gasteiger partial charge in [0, 0.05) is 12.1 Å². The van der Waals surface area contributed by atoms with Crippen molar-refractivity contribution in [2.45, 2.75) is 38.1 Å². The maximum absolute atomic E-state index is 12.4. The van der Waals surface area contributed by atoms with Crippen LogP contribution in [-0.2, 0) is 10.0 Å². The molecule has 0 aromatic heterocycles. The van der Waals surface area contributed by atoms with Crippen LogP contribution in [0.4, 0.5) is 5.69 Å². The fraction of sp³-hybridized carbons (Fsp3) is 0.571. The maximum atomic E-state index is 12.4. The third-order valence-electron chi connectivity index (χ3n) is 3.82. The first-order valence-electron chi connectivity index (χ1n) is 6.51. The molecule has 0 aliphatic carbocycles. The van der Waals surface area contributed by atoms with Crippen molar-refractivity contribution in [1.82, 2.24) is 9.62 Å². The van der Waals surface area contributed by atoms with Crippen molar-refractivity contribution >= 4 is 15.7 Å². The van der Waals surface area contributed by atoms with E-state index in [4.69, 9.17) is 5.73 Å². The van der Waals surface area contributed by atoms with E-state index in [0.717, 1.165) is 11.1 Å². The monoisotopic (exact) mass is 299 g/mol. The highest BCUT2D eigenvalue weighted by atomic mass is 32.2. The van der Waals surface area contributed by atoms with Crippen molar-refractivity contribution in [3.8, 4) is 0 Å². The molecule has 0 heterocycles. The molecule has 0 atom stereocenters. The molecule has 1 aromatic rings. The summed E-state index contributed by atoms with van der Waals surface area (Å²) in [6, 6.07) is 3.32. The number of anilines is 1. The van der Waals surface area contributed by atoms with Crippen molar-refractivity contribution in [2.24, 2.45) is 0 Å². The standard InChI is InChI=1S/C14H25N3O2S/c1-10-7-12(15)13(8-11(10)2)20(18,19)16-9-14(3,4)17(5)6/h7-8,16H,9,15H2,1-6H3. The largest absolute Gasteiger partial charge is 0.398 e. The Hall–Kier alpha value is -1.11. The van der Waals surface area contributed by atoms with Gasteiger partial charge in [0.2, 0.25) is 10.0 Å². The molecule has 0 amide bonds. The Morgan fingerprint density at radius 3 is 2.20 bits per heavy atom. The topological polar surface area (TPSA) is 75.4 Å². The van der Waals surface area contributed by atoms with Gasteiger partial charge >= 0.3 is 0 Å².